The van der Waals surface area contributed by atoms with Crippen LogP contribution in [0.25, 0.3) is 11.3 Å². The minimum Gasteiger partial charge on any atom is -0.478 e. The fourth-order valence-corrected chi connectivity index (χ4v) is 7.47. The number of amides is 1. The molecule has 4 N–H and O–H groups in total. The van der Waals surface area contributed by atoms with Crippen LogP contribution in [-0.2, 0) is 22.5 Å². The molecule has 0 spiro atoms. The third-order valence-electron chi connectivity index (χ3n) is 10.7. The summed E-state index contributed by atoms with van der Waals surface area (Å²) < 4.78 is 6.27. The van der Waals surface area contributed by atoms with Crippen molar-refractivity contribution in [3.8, 4) is 17.3 Å². The highest BCUT2D eigenvalue weighted by atomic mass is 35.5. The van der Waals surface area contributed by atoms with Gasteiger partial charge in [-0.2, -0.15) is 23.0 Å². The molecule has 1 amide bonds. The lowest BCUT2D eigenvalue weighted by molar-refractivity contribution is -0.113. The molecule has 0 saturated carbocycles. The molecule has 0 bridgehead atoms. The number of nitriles is 1. The summed E-state index contributed by atoms with van der Waals surface area (Å²) in [6, 6.07) is 58.1. The second kappa shape index (κ2) is 31.4. The highest BCUT2D eigenvalue weighted by Crippen LogP contribution is 2.25. The summed E-state index contributed by atoms with van der Waals surface area (Å²) >= 11 is 32.6. The van der Waals surface area contributed by atoms with Gasteiger partial charge in [0.15, 0.2) is 5.78 Å². The van der Waals surface area contributed by atoms with Gasteiger partial charge in [0, 0.05) is 54.4 Å². The number of nitrogens with two attached hydrogens (primary N) is 1. The van der Waals surface area contributed by atoms with E-state index in [1.165, 1.54) is 24.8 Å². The first-order valence-electron chi connectivity index (χ1n) is 23.2. The molecule has 0 saturated heterocycles. The van der Waals surface area contributed by atoms with Gasteiger partial charge in [-0.1, -0.05) is 143 Å². The number of aromatic nitrogens is 2. The number of carbonyl (C=O) groups excluding carboxylic acids is 3. The number of Topliss-reactive ketones (excluding diaryl/α,β-unsaturated/α-hetero) is 1. The number of nitrogens with one attached hydrogen (secondary N) is 1. The van der Waals surface area contributed by atoms with Crippen molar-refractivity contribution in [3.05, 3.63) is 258 Å². The Labute approximate surface area is 476 Å². The molecule has 1 aliphatic rings. The van der Waals surface area contributed by atoms with E-state index in [4.69, 9.17) is 79.1 Å². The Hall–Kier alpha value is -7.67. The zero-order chi connectivity index (χ0) is 55.7. The summed E-state index contributed by atoms with van der Waals surface area (Å²) in [5.74, 6) is -0.863. The van der Waals surface area contributed by atoms with Crippen molar-refractivity contribution in [1.29, 1.82) is 5.26 Å². The number of thiol groups is 1. The van der Waals surface area contributed by atoms with Crippen molar-refractivity contribution in [3.63, 3.8) is 0 Å². The first-order valence-corrected chi connectivity index (χ1v) is 25.7. The maximum Gasteiger partial charge on any atom is 0.337 e. The highest BCUT2D eigenvalue weighted by Gasteiger charge is 2.20. The number of carbonyl (C=O) groups is 4. The van der Waals surface area contributed by atoms with Crippen LogP contribution in [0.2, 0.25) is 25.1 Å². The molecule has 12 nitrogen and oxygen atoms in total. The number of halogens is 5. The average molecular weight is 1150 g/mol. The number of methoxy groups -OCH3 is 1. The van der Waals surface area contributed by atoms with Gasteiger partial charge in [-0.05, 0) is 120 Å². The second-order valence-electron chi connectivity index (χ2n) is 16.2. The number of allylic oxidation sites excluding steroid dienone is 1. The van der Waals surface area contributed by atoms with Crippen molar-refractivity contribution < 1.29 is 29.0 Å². The zero-order valence-corrected chi connectivity index (χ0v) is 45.7. The summed E-state index contributed by atoms with van der Waals surface area (Å²) in [5, 5.41) is 27.3. The zero-order valence-electron chi connectivity index (χ0n) is 41.1. The summed E-state index contributed by atoms with van der Waals surface area (Å²) in [4.78, 5) is 48.7. The predicted octanol–water partition coefficient (Wildman–Crippen LogP) is 14.3. The third kappa shape index (κ3) is 20.4. The Morgan fingerprint density at radius 1 is 0.662 bits per heavy atom. The quantitative estimate of drug-likeness (QED) is 0.0524. The van der Waals surface area contributed by atoms with Gasteiger partial charge >= 0.3 is 11.9 Å². The van der Waals surface area contributed by atoms with Gasteiger partial charge in [-0.3, -0.25) is 14.6 Å². The van der Waals surface area contributed by atoms with E-state index in [9.17, 15) is 19.2 Å². The largest absolute Gasteiger partial charge is 0.478 e. The predicted molar refractivity (Wildman–Crippen MR) is 312 cm³/mol. The molecule has 9 rings (SSSR count). The van der Waals surface area contributed by atoms with Crippen molar-refractivity contribution in [2.75, 3.05) is 18.2 Å². The summed E-state index contributed by atoms with van der Waals surface area (Å²) in [6.07, 6.45) is 2.71. The smallest absolute Gasteiger partial charge is 0.337 e. The maximum absolute atomic E-state index is 11.7. The molecule has 1 atom stereocenters. The number of benzene rings is 7. The summed E-state index contributed by atoms with van der Waals surface area (Å²) in [5.41, 5.74) is 14.3. The van der Waals surface area contributed by atoms with E-state index < -0.39 is 5.97 Å². The van der Waals surface area contributed by atoms with E-state index in [-0.39, 0.29) is 41.4 Å². The van der Waals surface area contributed by atoms with Crippen LogP contribution < -0.4 is 11.1 Å². The van der Waals surface area contributed by atoms with Crippen LogP contribution in [0.5, 0.6) is 0 Å². The van der Waals surface area contributed by atoms with Gasteiger partial charge in [-0.25, -0.2) is 14.3 Å². The van der Waals surface area contributed by atoms with E-state index in [1.807, 2.05) is 109 Å². The normalized spacial score (nSPS) is 11.8. The van der Waals surface area contributed by atoms with Gasteiger partial charge in [0.25, 0.3) is 0 Å². The number of rotatable bonds is 12. The first kappa shape index (κ1) is 60.2. The second-order valence-corrected chi connectivity index (χ2v) is 18.7. The van der Waals surface area contributed by atoms with Crippen molar-refractivity contribution in [2.24, 2.45) is 10.7 Å². The number of carboxylic acids is 1. The highest BCUT2D eigenvalue weighted by molar-refractivity contribution is 7.81. The molecule has 18 heteroatoms. The standard InChI is InChI=1S/C18H16ClN3OS.C17H15ClN2.C9H6ClNO.C8H7ClO2.C7H5ClO2/c19-15-8-6-14(7-9-15)16-10-17(20-18(23)12-24)22(21-16)11-13-4-2-1-3-5-13;18-14-8-6-13(7-9-14)16-11-15(19)17(20-16)10-12-4-2-1-3-5-12;10-8-3-1-7(2-4-8)9(12)5-6-11;1-11-8(10)6-2-4-7(9)5-3-6;8-6-3-1-5(2-4-6)7(9)10/h1-10,24H,11-12H2,(H,20,23);1-9,11,17H,10,19H2;1-4H,5H2;2-5H,1H3;1-4H,(H,9,10). The SMILES string of the molecule is COC(=O)c1ccc(Cl)cc1.N#CCC(=O)c1ccc(Cl)cc1.NC1=CC(c2ccc(Cl)cc2)=NC1Cc1ccccc1.O=C(CS)Nc1cc(-c2ccc(Cl)cc2)nn1Cc1ccccc1.O=C(O)c1ccc(Cl)cc1. The van der Waals surface area contributed by atoms with Gasteiger partial charge < -0.3 is 20.9 Å². The van der Waals surface area contributed by atoms with E-state index in [1.54, 1.807) is 71.4 Å². The number of carboxylic acid groups (broad SMARTS) is 1. The molecule has 0 radical (unpaired) electrons. The van der Waals surface area contributed by atoms with Crippen molar-refractivity contribution in [1.82, 2.24) is 9.78 Å². The Balaban J connectivity index is 0.000000186. The van der Waals surface area contributed by atoms with Crippen LogP contribution in [0.3, 0.4) is 0 Å². The number of ether oxygens (including phenoxy) is 1. The molecule has 0 aliphatic carbocycles. The van der Waals surface area contributed by atoms with E-state index in [0.29, 0.717) is 43.6 Å². The monoisotopic (exact) mass is 1140 g/mol. The molecule has 392 valence electrons. The van der Waals surface area contributed by atoms with E-state index >= 15 is 0 Å². The summed E-state index contributed by atoms with van der Waals surface area (Å²) in [6.45, 7) is 0.566. The van der Waals surface area contributed by atoms with Gasteiger partial charge in [0.05, 0.1) is 60.5 Å². The van der Waals surface area contributed by atoms with E-state index in [0.717, 1.165) is 45.2 Å². The number of hydrogen-bond acceptors (Lipinski definition) is 10. The van der Waals surface area contributed by atoms with Crippen LogP contribution in [0.4, 0.5) is 5.82 Å². The molecule has 1 aromatic heterocycles. The number of aliphatic imine (C=N–C) groups is 1. The molecule has 2 heterocycles. The van der Waals surface area contributed by atoms with Crippen LogP contribution in [0.15, 0.2) is 205 Å². The minimum absolute atomic E-state index is 0.0306. The Morgan fingerprint density at radius 2 is 1.12 bits per heavy atom. The fourth-order valence-electron chi connectivity index (χ4n) is 6.76. The van der Waals surface area contributed by atoms with Crippen molar-refractivity contribution in [2.45, 2.75) is 25.4 Å². The topological polar surface area (TPSA) is 190 Å². The van der Waals surface area contributed by atoms with Crippen molar-refractivity contribution >= 4 is 106 Å². The van der Waals surface area contributed by atoms with Gasteiger partial charge in [0.2, 0.25) is 5.91 Å². The Morgan fingerprint density at radius 3 is 1.58 bits per heavy atom. The molecule has 1 unspecified atom stereocenters. The lowest BCUT2D eigenvalue weighted by Crippen LogP contribution is -2.16. The van der Waals surface area contributed by atoms with Gasteiger partial charge in [0.1, 0.15) is 5.82 Å². The molecule has 8 aromatic rings. The summed E-state index contributed by atoms with van der Waals surface area (Å²) in [7, 11) is 1.34. The number of esters is 1. The van der Waals surface area contributed by atoms with Crippen LogP contribution >= 0.6 is 70.6 Å². The minimum atomic E-state index is -0.934. The lowest BCUT2D eigenvalue weighted by atomic mass is 10.1. The molecule has 7 aromatic carbocycles. The number of nitrogens with zero attached hydrogens (tertiary/aromatic N) is 4. The molecular formula is C59H49Cl5N6O6S. The lowest BCUT2D eigenvalue weighted by Gasteiger charge is -2.08. The Bertz CT molecular complexity index is 3300. The van der Waals surface area contributed by atoms with E-state index in [2.05, 4.69) is 39.9 Å². The molecular weight excluding hydrogens is 1100 g/mol. The van der Waals surface area contributed by atoms with Crippen LogP contribution in [0, 0.1) is 11.3 Å². The number of aromatic carboxylic acids is 1. The average Bonchev–Trinajstić information content (AvgIpc) is 4.01. The Kier molecular flexibility index (Phi) is 24.5. The number of anilines is 1. The van der Waals surface area contributed by atoms with Crippen LogP contribution in [0.1, 0.15) is 54.2 Å². The van der Waals surface area contributed by atoms with Crippen LogP contribution in [-0.4, -0.2) is 63.1 Å². The third-order valence-corrected chi connectivity index (χ3v) is 12.2. The number of ketones is 1. The molecule has 0 fully saturated rings. The number of hydrogen-bond donors (Lipinski definition) is 4. The molecule has 77 heavy (non-hydrogen) atoms. The first-order chi connectivity index (χ1) is 37.0. The molecule has 1 aliphatic heterocycles. The fraction of sp³-hybridized carbons (Fsp3) is 0.102. The maximum atomic E-state index is 11.7. The van der Waals surface area contributed by atoms with Gasteiger partial charge in [-0.15, -0.1) is 0 Å².